The molecule has 19 heteroatoms. The third kappa shape index (κ3) is 14.5. The number of benzene rings is 4. The maximum Gasteiger partial charge on any atom is 1.00 e. The molecule has 2 amide bonds. The third-order valence-electron chi connectivity index (χ3n) is 7.07. The predicted molar refractivity (Wildman–Crippen MR) is 190 cm³/mol. The van der Waals surface area contributed by atoms with Crippen molar-refractivity contribution >= 4 is 59.0 Å². The Morgan fingerprint density at radius 3 is 1.64 bits per heavy atom. The first-order valence-electron chi connectivity index (χ1n) is 15.1. The monoisotopic (exact) mass is 820 g/mol. The fraction of sp³-hybridized carbons (Fsp3) is 0.222. The van der Waals surface area contributed by atoms with Crippen LogP contribution < -0.4 is 40.2 Å². The number of thiol groups is 1. The molecule has 2 atom stereocenters. The Morgan fingerprint density at radius 2 is 1.25 bits per heavy atom. The van der Waals surface area contributed by atoms with Crippen molar-refractivity contribution in [3.8, 4) is 0 Å². The van der Waals surface area contributed by atoms with E-state index < -0.39 is 63.7 Å². The summed E-state index contributed by atoms with van der Waals surface area (Å²) in [6.07, 6.45) is -9.39. The van der Waals surface area contributed by atoms with Gasteiger partial charge >= 0.3 is 41.9 Å². The number of carbonyl (C=O) groups is 2. The first-order valence-corrected chi connectivity index (χ1v) is 16.5. The van der Waals surface area contributed by atoms with Crippen LogP contribution in [0.2, 0.25) is 0 Å². The molecular formula is C36H29F8N4NaO4S2. The second-order valence-corrected chi connectivity index (χ2v) is 13.2. The number of epoxide rings is 1. The summed E-state index contributed by atoms with van der Waals surface area (Å²) in [5.74, 6) is -2.15. The van der Waals surface area contributed by atoms with E-state index in [1.54, 1.807) is 19.1 Å². The molecule has 3 N–H and O–H groups in total. The van der Waals surface area contributed by atoms with Crippen molar-refractivity contribution in [2.45, 2.75) is 47.2 Å². The summed E-state index contributed by atoms with van der Waals surface area (Å²) in [4.78, 5) is 30.9. The molecule has 1 fully saturated rings. The number of hydrogen-bond acceptors (Lipinski definition) is 6. The number of alkyl halides is 6. The minimum Gasteiger partial charge on any atom is -1.00 e. The van der Waals surface area contributed by atoms with Gasteiger partial charge < -0.3 is 21.9 Å². The van der Waals surface area contributed by atoms with E-state index in [2.05, 4.69) is 33.0 Å². The largest absolute Gasteiger partial charge is 1.00 e. The molecule has 1 aliphatic rings. The second-order valence-electron chi connectivity index (χ2n) is 11.6. The zero-order valence-electron chi connectivity index (χ0n) is 29.9. The van der Waals surface area contributed by atoms with Crippen LogP contribution in [0.1, 0.15) is 26.4 Å². The summed E-state index contributed by atoms with van der Waals surface area (Å²) in [7, 11) is 0. The summed E-state index contributed by atoms with van der Waals surface area (Å²) in [6, 6.07) is 17.2. The fourth-order valence-electron chi connectivity index (χ4n) is 3.91. The van der Waals surface area contributed by atoms with Crippen LogP contribution in [0.25, 0.3) is 9.69 Å². The number of ether oxygens (including phenoxy) is 1. The maximum atomic E-state index is 13.0. The number of rotatable bonds is 7. The Labute approximate surface area is 343 Å². The maximum absolute atomic E-state index is 13.0. The van der Waals surface area contributed by atoms with Crippen molar-refractivity contribution in [3.05, 3.63) is 131 Å². The molecule has 55 heavy (non-hydrogen) atoms. The Morgan fingerprint density at radius 1 is 0.836 bits per heavy atom. The number of anilines is 2. The van der Waals surface area contributed by atoms with E-state index >= 15 is 0 Å². The number of nitrogens with zero attached hydrogens (tertiary/aromatic N) is 2. The zero-order chi connectivity index (χ0) is 40.5. The first kappa shape index (κ1) is 47.0. The Balaban J connectivity index is 0.000000468. The molecule has 1 aliphatic heterocycles. The van der Waals surface area contributed by atoms with E-state index in [0.717, 1.165) is 40.9 Å². The molecule has 4 aromatic carbocycles. The van der Waals surface area contributed by atoms with Crippen LogP contribution in [0.4, 0.5) is 57.9 Å². The van der Waals surface area contributed by atoms with Crippen LogP contribution in [0, 0.1) is 24.8 Å². The Bertz CT molecular complexity index is 2030. The van der Waals surface area contributed by atoms with Crippen LogP contribution in [0.5, 0.6) is 0 Å². The van der Waals surface area contributed by atoms with Gasteiger partial charge in [0.05, 0.1) is 30.9 Å². The van der Waals surface area contributed by atoms with Crippen molar-refractivity contribution in [3.63, 3.8) is 0 Å². The van der Waals surface area contributed by atoms with E-state index in [1.807, 2.05) is 0 Å². The number of hydrogen-bond donors (Lipinski definition) is 4. The molecule has 286 valence electrons. The molecule has 4 aromatic rings. The molecule has 0 spiro atoms. The molecule has 0 radical (unpaired) electrons. The van der Waals surface area contributed by atoms with Crippen molar-refractivity contribution in [1.29, 1.82) is 0 Å². The standard InChI is InChI=1S/C18H14F4N2O2S.C12H9F3N2O2.C6H5FS.Na.H/c1-17(26,10-27-13-6-3-11(19)4-7-13)16(25)24-12-5-8-15(23-2)14(9-12)18(20,21)22;1-11(6-19-11)10(18)17-7-3-4-9(16-2)8(5-7)12(13,14)15;7-5-1-3-6(8)4-2-5;;/h3-9,26H,10H2,1H3,(H,24,25);3-5H,6H2,1H3,(H,17,18);1-4,8H;;/q;;;+1;-1. The van der Waals surface area contributed by atoms with Gasteiger partial charge in [0.25, 0.3) is 11.8 Å². The van der Waals surface area contributed by atoms with E-state index in [9.17, 15) is 49.8 Å². The predicted octanol–water partition coefficient (Wildman–Crippen LogP) is 7.09. The summed E-state index contributed by atoms with van der Waals surface area (Å²) >= 11 is 5.06. The fourth-order valence-corrected chi connectivity index (χ4v) is 4.96. The first-order chi connectivity index (χ1) is 25.1. The average molecular weight is 821 g/mol. The minimum atomic E-state index is -4.75. The van der Waals surface area contributed by atoms with E-state index in [4.69, 9.17) is 17.9 Å². The smallest absolute Gasteiger partial charge is 1.00 e. The van der Waals surface area contributed by atoms with Gasteiger partial charge in [-0.05, 0) is 86.6 Å². The molecule has 0 saturated carbocycles. The molecule has 0 bridgehead atoms. The summed E-state index contributed by atoms with van der Waals surface area (Å²) in [5, 5.41) is 14.9. The Kier molecular flexibility index (Phi) is 16.8. The van der Waals surface area contributed by atoms with Gasteiger partial charge in [-0.3, -0.25) is 9.59 Å². The summed E-state index contributed by atoms with van der Waals surface area (Å²) in [6.45, 7) is 16.5. The van der Waals surface area contributed by atoms with Crippen LogP contribution in [-0.4, -0.2) is 40.5 Å². The van der Waals surface area contributed by atoms with E-state index in [1.165, 1.54) is 49.4 Å². The molecule has 0 aromatic heterocycles. The second kappa shape index (κ2) is 19.6. The van der Waals surface area contributed by atoms with Crippen LogP contribution in [0.15, 0.2) is 94.7 Å². The number of carbonyl (C=O) groups excluding carboxylic acids is 2. The minimum absolute atomic E-state index is 0. The molecular weight excluding hydrogens is 792 g/mol. The summed E-state index contributed by atoms with van der Waals surface area (Å²) in [5.41, 5.74) is -6.38. The third-order valence-corrected chi connectivity index (χ3v) is 8.68. The number of amides is 2. The van der Waals surface area contributed by atoms with Gasteiger partial charge in [0, 0.05) is 26.9 Å². The van der Waals surface area contributed by atoms with Gasteiger partial charge in [0.1, 0.15) is 17.2 Å². The number of nitrogens with one attached hydrogen (secondary N) is 2. The van der Waals surface area contributed by atoms with Crippen molar-refractivity contribution in [1.82, 2.24) is 0 Å². The van der Waals surface area contributed by atoms with Crippen molar-refractivity contribution < 1.29 is 85.5 Å². The van der Waals surface area contributed by atoms with Gasteiger partial charge in [-0.1, -0.05) is 12.1 Å². The SMILES string of the molecule is Fc1ccc(S)cc1.[C-]#[N+]c1ccc(NC(=O)C(C)(O)CSc2ccc(F)cc2)cc1C(F)(F)F.[C-]#[N+]c1ccc(NC(=O)C2(C)CO2)cc1C(F)(F)F.[H-].[Na+]. The molecule has 1 saturated heterocycles. The van der Waals surface area contributed by atoms with Crippen LogP contribution in [-0.2, 0) is 26.7 Å². The van der Waals surface area contributed by atoms with Gasteiger partial charge in [0.2, 0.25) is 0 Å². The molecule has 5 rings (SSSR count). The average Bonchev–Trinajstić information content (AvgIpc) is 3.87. The number of aliphatic hydroxyl groups is 1. The van der Waals surface area contributed by atoms with Gasteiger partial charge in [-0.15, -0.1) is 24.4 Å². The zero-order valence-corrected chi connectivity index (χ0v) is 32.7. The normalized spacial score (nSPS) is 15.5. The molecule has 2 unspecified atom stereocenters. The van der Waals surface area contributed by atoms with E-state index in [0.29, 0.717) is 11.0 Å². The Hall–Kier alpha value is -4.14. The number of thioether (sulfide) groups is 1. The van der Waals surface area contributed by atoms with Crippen molar-refractivity contribution in [2.75, 3.05) is 23.0 Å². The van der Waals surface area contributed by atoms with Gasteiger partial charge in [0.15, 0.2) is 17.0 Å². The molecule has 8 nitrogen and oxygen atoms in total. The van der Waals surface area contributed by atoms with Crippen molar-refractivity contribution in [2.24, 2.45) is 0 Å². The van der Waals surface area contributed by atoms with Crippen LogP contribution in [0.3, 0.4) is 0 Å². The topological polar surface area (TPSA) is 99.7 Å². The van der Waals surface area contributed by atoms with Gasteiger partial charge in [-0.25, -0.2) is 18.5 Å². The molecule has 1 heterocycles. The number of halogens is 8. The molecule has 0 aliphatic carbocycles. The van der Waals surface area contributed by atoms with E-state index in [-0.39, 0.29) is 60.5 Å². The van der Waals surface area contributed by atoms with Crippen LogP contribution >= 0.6 is 24.4 Å². The summed E-state index contributed by atoms with van der Waals surface area (Å²) < 4.78 is 107. The quantitative estimate of drug-likeness (QED) is 0.0399. The van der Waals surface area contributed by atoms with Gasteiger partial charge in [-0.2, -0.15) is 26.3 Å².